The Bertz CT molecular complexity index is 938. The van der Waals surface area contributed by atoms with E-state index in [1.165, 1.54) is 24.3 Å². The fourth-order valence-corrected chi connectivity index (χ4v) is 2.98. The molecule has 0 saturated carbocycles. The molecule has 0 spiro atoms. The zero-order valence-corrected chi connectivity index (χ0v) is 14.1. The number of carboxylic acids is 1. The highest BCUT2D eigenvalue weighted by atomic mass is 35.5. The first-order chi connectivity index (χ1) is 12.1. The van der Waals surface area contributed by atoms with Gasteiger partial charge in [0.25, 0.3) is 0 Å². The lowest BCUT2D eigenvalue weighted by atomic mass is 9.96. The molecule has 1 N–H and O–H groups in total. The number of carboxylic acid groups (broad SMARTS) is 1. The van der Waals surface area contributed by atoms with E-state index < -0.39 is 29.6 Å². The minimum atomic E-state index is -4.95. The zero-order chi connectivity index (χ0) is 19.2. The van der Waals surface area contributed by atoms with Gasteiger partial charge in [0.15, 0.2) is 0 Å². The lowest BCUT2D eigenvalue weighted by Crippen LogP contribution is -2.40. The van der Waals surface area contributed by atoms with Crippen LogP contribution >= 0.6 is 23.2 Å². The quantitative estimate of drug-likeness (QED) is 0.661. The Hall–Kier alpha value is -2.25. The average molecular weight is 407 g/mol. The maximum atomic E-state index is 13.4. The molecule has 136 valence electrons. The van der Waals surface area contributed by atoms with Crippen LogP contribution in [0.3, 0.4) is 0 Å². The van der Waals surface area contributed by atoms with Gasteiger partial charge in [0.1, 0.15) is 11.6 Å². The van der Waals surface area contributed by atoms with E-state index in [1.54, 1.807) is 0 Å². The largest absolute Gasteiger partial charge is 0.478 e. The number of ether oxygens (including phenoxy) is 1. The Balaban J connectivity index is 2.24. The van der Waals surface area contributed by atoms with Crippen molar-refractivity contribution in [1.29, 1.82) is 0 Å². The number of hydrogen-bond donors (Lipinski definition) is 1. The number of carbonyl (C=O) groups is 1. The number of rotatable bonds is 2. The molecule has 26 heavy (non-hydrogen) atoms. The number of halogens is 6. The molecule has 0 amide bonds. The van der Waals surface area contributed by atoms with E-state index in [0.29, 0.717) is 0 Å². The Kier molecular flexibility index (Phi) is 4.62. The standard InChI is InChI=1S/C17H8Cl2F4O3/c18-9-3-8-4-11(16(24)25)15(17(21,22)23)26-14(8)10(6-9)7-1-2-13(20)12(19)5-7/h1-6,15H,(H,24,25). The van der Waals surface area contributed by atoms with Crippen molar-refractivity contribution >= 4 is 35.2 Å². The van der Waals surface area contributed by atoms with E-state index in [2.05, 4.69) is 0 Å². The Morgan fingerprint density at radius 1 is 1.15 bits per heavy atom. The molecule has 0 aliphatic carbocycles. The van der Waals surface area contributed by atoms with Crippen molar-refractivity contribution in [3.8, 4) is 16.9 Å². The zero-order valence-electron chi connectivity index (χ0n) is 12.6. The lowest BCUT2D eigenvalue weighted by molar-refractivity contribution is -0.187. The lowest BCUT2D eigenvalue weighted by Gasteiger charge is -2.28. The Labute approximate surface area is 154 Å². The topological polar surface area (TPSA) is 46.5 Å². The summed E-state index contributed by atoms with van der Waals surface area (Å²) in [7, 11) is 0. The molecular weight excluding hydrogens is 399 g/mol. The van der Waals surface area contributed by atoms with Gasteiger partial charge in [-0.1, -0.05) is 29.3 Å². The van der Waals surface area contributed by atoms with Gasteiger partial charge in [-0.15, -0.1) is 0 Å². The fraction of sp³-hybridized carbons (Fsp3) is 0.118. The van der Waals surface area contributed by atoms with Crippen molar-refractivity contribution < 1.29 is 32.2 Å². The number of benzene rings is 2. The molecule has 0 bridgehead atoms. The van der Waals surface area contributed by atoms with Crippen molar-refractivity contribution in [2.24, 2.45) is 0 Å². The highest BCUT2D eigenvalue weighted by Crippen LogP contribution is 2.44. The summed E-state index contributed by atoms with van der Waals surface area (Å²) in [4.78, 5) is 11.2. The highest BCUT2D eigenvalue weighted by molar-refractivity contribution is 6.31. The van der Waals surface area contributed by atoms with Gasteiger partial charge in [-0.3, -0.25) is 0 Å². The minimum absolute atomic E-state index is 0.0610. The van der Waals surface area contributed by atoms with Crippen LogP contribution in [0.4, 0.5) is 17.6 Å². The third-order valence-corrected chi connectivity index (χ3v) is 4.19. The summed E-state index contributed by atoms with van der Waals surface area (Å²) in [5.74, 6) is -2.68. The van der Waals surface area contributed by atoms with Gasteiger partial charge in [-0.25, -0.2) is 9.18 Å². The summed E-state index contributed by atoms with van der Waals surface area (Å²) in [6, 6.07) is 6.17. The molecule has 3 rings (SSSR count). The van der Waals surface area contributed by atoms with E-state index in [-0.39, 0.29) is 32.5 Å². The summed E-state index contributed by atoms with van der Waals surface area (Å²) in [5, 5.41) is 8.98. The van der Waals surface area contributed by atoms with Crippen LogP contribution in [0.1, 0.15) is 5.56 Å². The second-order valence-corrected chi connectivity index (χ2v) is 6.29. The molecular formula is C17H8Cl2F4O3. The molecule has 0 saturated heterocycles. The van der Waals surface area contributed by atoms with Crippen LogP contribution in [0.25, 0.3) is 17.2 Å². The van der Waals surface area contributed by atoms with E-state index >= 15 is 0 Å². The Morgan fingerprint density at radius 2 is 1.85 bits per heavy atom. The third kappa shape index (κ3) is 3.37. The van der Waals surface area contributed by atoms with Crippen molar-refractivity contribution in [1.82, 2.24) is 0 Å². The monoisotopic (exact) mass is 406 g/mol. The molecule has 2 aromatic rings. The van der Waals surface area contributed by atoms with Crippen molar-refractivity contribution in [3.05, 3.63) is 57.3 Å². The predicted molar refractivity (Wildman–Crippen MR) is 87.9 cm³/mol. The summed E-state index contributed by atoms with van der Waals surface area (Å²) in [6.07, 6.45) is -6.73. The first-order valence-electron chi connectivity index (χ1n) is 7.05. The van der Waals surface area contributed by atoms with Crippen LogP contribution in [-0.2, 0) is 4.79 Å². The van der Waals surface area contributed by atoms with Gasteiger partial charge in [-0.2, -0.15) is 13.2 Å². The van der Waals surface area contributed by atoms with Gasteiger partial charge in [0, 0.05) is 16.1 Å². The summed E-state index contributed by atoms with van der Waals surface area (Å²) in [6.45, 7) is 0. The molecule has 3 nitrogen and oxygen atoms in total. The maximum absolute atomic E-state index is 13.4. The first-order valence-corrected chi connectivity index (χ1v) is 7.80. The van der Waals surface area contributed by atoms with Crippen LogP contribution in [0.15, 0.2) is 35.9 Å². The van der Waals surface area contributed by atoms with Crippen LogP contribution in [0, 0.1) is 5.82 Å². The van der Waals surface area contributed by atoms with Gasteiger partial charge in [0.2, 0.25) is 6.10 Å². The molecule has 1 heterocycles. The number of fused-ring (bicyclic) bond motifs is 1. The van der Waals surface area contributed by atoms with Crippen molar-refractivity contribution in [3.63, 3.8) is 0 Å². The van der Waals surface area contributed by atoms with Crippen LogP contribution in [0.5, 0.6) is 5.75 Å². The van der Waals surface area contributed by atoms with Crippen molar-refractivity contribution in [2.75, 3.05) is 0 Å². The normalized spacial score (nSPS) is 16.5. The summed E-state index contributed by atoms with van der Waals surface area (Å²) >= 11 is 11.7. The molecule has 1 aliphatic rings. The Morgan fingerprint density at radius 3 is 2.42 bits per heavy atom. The molecule has 1 unspecified atom stereocenters. The van der Waals surface area contributed by atoms with E-state index in [1.807, 2.05) is 0 Å². The van der Waals surface area contributed by atoms with Gasteiger partial charge < -0.3 is 9.84 Å². The molecule has 0 radical (unpaired) electrons. The highest BCUT2D eigenvalue weighted by Gasteiger charge is 2.48. The van der Waals surface area contributed by atoms with E-state index in [0.717, 1.165) is 12.1 Å². The third-order valence-electron chi connectivity index (χ3n) is 3.69. The second kappa shape index (κ2) is 6.48. The number of alkyl halides is 3. The fourth-order valence-electron chi connectivity index (χ4n) is 2.57. The molecule has 2 aromatic carbocycles. The molecule has 0 aromatic heterocycles. The maximum Gasteiger partial charge on any atom is 0.430 e. The van der Waals surface area contributed by atoms with E-state index in [4.69, 9.17) is 33.0 Å². The molecule has 1 aliphatic heterocycles. The molecule has 9 heteroatoms. The summed E-state index contributed by atoms with van der Waals surface area (Å²) < 4.78 is 58.1. The van der Waals surface area contributed by atoms with Gasteiger partial charge in [0.05, 0.1) is 10.6 Å². The second-order valence-electron chi connectivity index (χ2n) is 5.44. The van der Waals surface area contributed by atoms with Gasteiger partial charge >= 0.3 is 12.1 Å². The molecule has 0 fully saturated rings. The van der Waals surface area contributed by atoms with Crippen LogP contribution in [-0.4, -0.2) is 23.4 Å². The first kappa shape index (κ1) is 18.5. The number of aliphatic carboxylic acids is 1. The SMILES string of the molecule is O=C(O)C1=Cc2cc(Cl)cc(-c3ccc(F)c(Cl)c3)c2OC1C(F)(F)F. The van der Waals surface area contributed by atoms with Gasteiger partial charge in [-0.05, 0) is 35.9 Å². The average Bonchev–Trinajstić information content (AvgIpc) is 2.54. The van der Waals surface area contributed by atoms with Crippen LogP contribution in [0.2, 0.25) is 10.0 Å². The summed E-state index contributed by atoms with van der Waals surface area (Å²) in [5.41, 5.74) is -0.506. The predicted octanol–water partition coefficient (Wildman–Crippen LogP) is 5.59. The van der Waals surface area contributed by atoms with E-state index in [9.17, 15) is 22.4 Å². The van der Waals surface area contributed by atoms with Crippen molar-refractivity contribution in [2.45, 2.75) is 12.3 Å². The molecule has 1 atom stereocenters. The number of hydrogen-bond acceptors (Lipinski definition) is 2. The van der Waals surface area contributed by atoms with Crippen LogP contribution < -0.4 is 4.74 Å². The smallest absolute Gasteiger partial charge is 0.430 e. The minimum Gasteiger partial charge on any atom is -0.478 e.